The summed E-state index contributed by atoms with van der Waals surface area (Å²) in [7, 11) is 0. The fraction of sp³-hybridized carbons (Fsp3) is 0.375. The Morgan fingerprint density at radius 1 is 1.00 bits per heavy atom. The van der Waals surface area contributed by atoms with Crippen LogP contribution in [0.5, 0.6) is 0 Å². The number of piperidine rings is 1. The van der Waals surface area contributed by atoms with Crippen LogP contribution in [0, 0.1) is 0 Å². The average Bonchev–Trinajstić information content (AvgIpc) is 2.67. The Bertz CT molecular complexity index is 918. The summed E-state index contributed by atoms with van der Waals surface area (Å²) in [6.45, 7) is 6.55. The second-order valence-electron chi connectivity index (χ2n) is 8.44. The van der Waals surface area contributed by atoms with Gasteiger partial charge >= 0.3 is 12.3 Å². The molecule has 2 aromatic carbocycles. The molecule has 0 saturated carbocycles. The molecule has 1 fully saturated rings. The number of halogens is 3. The molecule has 2 aromatic rings. The molecule has 1 aliphatic rings. The molecule has 1 saturated heterocycles. The second kappa shape index (κ2) is 8.54. The number of ether oxygens (including phenoxy) is 1. The minimum atomic E-state index is -4.42. The molecule has 3 nitrogen and oxygen atoms in total. The highest BCUT2D eigenvalue weighted by Gasteiger charge is 2.33. The Morgan fingerprint density at radius 3 is 2.20 bits per heavy atom. The Balaban J connectivity index is 1.79. The van der Waals surface area contributed by atoms with Crippen LogP contribution in [-0.4, -0.2) is 29.7 Å². The minimum Gasteiger partial charge on any atom is -0.444 e. The van der Waals surface area contributed by atoms with E-state index in [1.807, 2.05) is 26.8 Å². The molecule has 30 heavy (non-hydrogen) atoms. The smallest absolute Gasteiger partial charge is 0.417 e. The summed E-state index contributed by atoms with van der Waals surface area (Å²) in [5.74, 6) is 0. The number of hydrogen-bond donors (Lipinski definition) is 0. The summed E-state index contributed by atoms with van der Waals surface area (Å²) in [5.41, 5.74) is 1.35. The number of carbonyl (C=O) groups is 1. The van der Waals surface area contributed by atoms with Gasteiger partial charge < -0.3 is 9.64 Å². The largest absolute Gasteiger partial charge is 0.444 e. The van der Waals surface area contributed by atoms with Gasteiger partial charge in [0.1, 0.15) is 5.60 Å². The number of likely N-dealkylation sites (tertiary alicyclic amines) is 1. The van der Waals surface area contributed by atoms with Crippen molar-refractivity contribution in [2.75, 3.05) is 13.1 Å². The van der Waals surface area contributed by atoms with Crippen molar-refractivity contribution in [2.45, 2.75) is 45.4 Å². The molecule has 0 aromatic heterocycles. The molecule has 1 heterocycles. The second-order valence-corrected chi connectivity index (χ2v) is 8.44. The molecule has 0 aliphatic carbocycles. The van der Waals surface area contributed by atoms with Gasteiger partial charge in [0, 0.05) is 13.1 Å². The van der Waals surface area contributed by atoms with Gasteiger partial charge in [0.05, 0.1) is 5.56 Å². The van der Waals surface area contributed by atoms with Crippen LogP contribution >= 0.6 is 0 Å². The molecule has 0 radical (unpaired) electrons. The molecule has 0 atom stereocenters. The predicted octanol–water partition coefficient (Wildman–Crippen LogP) is 6.79. The van der Waals surface area contributed by atoms with Crippen molar-refractivity contribution >= 4 is 12.2 Å². The van der Waals surface area contributed by atoms with E-state index < -0.39 is 17.3 Å². The van der Waals surface area contributed by atoms with E-state index in [-0.39, 0.29) is 11.7 Å². The Kier molecular flexibility index (Phi) is 6.25. The van der Waals surface area contributed by atoms with E-state index in [1.54, 1.807) is 41.3 Å². The van der Waals surface area contributed by atoms with Gasteiger partial charge in [-0.2, -0.15) is 13.2 Å². The van der Waals surface area contributed by atoms with E-state index in [1.165, 1.54) is 6.07 Å². The molecule has 0 spiro atoms. The summed E-state index contributed by atoms with van der Waals surface area (Å²) in [5, 5.41) is 0. The van der Waals surface area contributed by atoms with Gasteiger partial charge in [-0.15, -0.1) is 0 Å². The monoisotopic (exact) mass is 417 g/mol. The van der Waals surface area contributed by atoms with Crippen molar-refractivity contribution in [1.82, 2.24) is 4.90 Å². The molecular weight excluding hydrogens is 391 g/mol. The summed E-state index contributed by atoms with van der Waals surface area (Å²) < 4.78 is 45.9. The van der Waals surface area contributed by atoms with Crippen LogP contribution in [0.15, 0.2) is 54.1 Å². The van der Waals surface area contributed by atoms with Crippen LogP contribution in [0.2, 0.25) is 0 Å². The summed E-state index contributed by atoms with van der Waals surface area (Å²) >= 11 is 0. The van der Waals surface area contributed by atoms with Gasteiger partial charge in [0.15, 0.2) is 0 Å². The number of hydrogen-bond acceptors (Lipinski definition) is 2. The number of alkyl halides is 3. The first-order valence-corrected chi connectivity index (χ1v) is 9.97. The van der Waals surface area contributed by atoms with Crippen LogP contribution in [-0.2, 0) is 10.9 Å². The van der Waals surface area contributed by atoms with E-state index in [0.717, 1.165) is 17.2 Å². The van der Waals surface area contributed by atoms with Gasteiger partial charge in [0.25, 0.3) is 0 Å². The molecule has 0 bridgehead atoms. The van der Waals surface area contributed by atoms with Crippen molar-refractivity contribution in [3.05, 3.63) is 65.2 Å². The van der Waals surface area contributed by atoms with Crippen LogP contribution in [0.3, 0.4) is 0 Å². The van der Waals surface area contributed by atoms with Gasteiger partial charge in [-0.05, 0) is 62.4 Å². The predicted molar refractivity (Wildman–Crippen MR) is 112 cm³/mol. The van der Waals surface area contributed by atoms with Gasteiger partial charge in [-0.3, -0.25) is 0 Å². The quantitative estimate of drug-likeness (QED) is 0.539. The number of benzene rings is 2. The molecule has 160 valence electrons. The molecular formula is C24H26F3NO2. The van der Waals surface area contributed by atoms with Crippen molar-refractivity contribution < 1.29 is 22.7 Å². The Labute approximate surface area is 175 Å². The molecule has 0 unspecified atom stereocenters. The third kappa shape index (κ3) is 5.65. The lowest BCUT2D eigenvalue weighted by Gasteiger charge is -2.31. The third-order valence-electron chi connectivity index (χ3n) is 4.86. The van der Waals surface area contributed by atoms with Crippen LogP contribution in [0.4, 0.5) is 18.0 Å². The van der Waals surface area contributed by atoms with Crippen molar-refractivity contribution in [2.24, 2.45) is 0 Å². The SMILES string of the molecule is CC(C)(C)OC(=O)N1CCC(=Cc2ccc(C(F)(F)F)c(-c3ccccc3)c2)CC1. The van der Waals surface area contributed by atoms with E-state index in [9.17, 15) is 18.0 Å². The molecule has 1 amide bonds. The Hall–Kier alpha value is -2.76. The molecule has 3 rings (SSSR count). The van der Waals surface area contributed by atoms with Gasteiger partial charge in [0.2, 0.25) is 0 Å². The van der Waals surface area contributed by atoms with Crippen LogP contribution < -0.4 is 0 Å². The van der Waals surface area contributed by atoms with Crippen LogP contribution in [0.25, 0.3) is 17.2 Å². The fourth-order valence-electron chi connectivity index (χ4n) is 3.44. The number of rotatable bonds is 2. The number of nitrogens with zero attached hydrogens (tertiary/aromatic N) is 1. The zero-order valence-electron chi connectivity index (χ0n) is 17.4. The maximum Gasteiger partial charge on any atom is 0.417 e. The highest BCUT2D eigenvalue weighted by molar-refractivity contribution is 5.72. The maximum atomic E-state index is 13.5. The zero-order chi connectivity index (χ0) is 21.9. The normalized spacial score (nSPS) is 15.1. The average molecular weight is 417 g/mol. The summed E-state index contributed by atoms with van der Waals surface area (Å²) in [4.78, 5) is 13.9. The Morgan fingerprint density at radius 2 is 1.63 bits per heavy atom. The first kappa shape index (κ1) is 21.9. The maximum absolute atomic E-state index is 13.5. The number of amides is 1. The van der Waals surface area contributed by atoms with Gasteiger partial charge in [-0.25, -0.2) is 4.79 Å². The van der Waals surface area contributed by atoms with Crippen molar-refractivity contribution in [3.63, 3.8) is 0 Å². The lowest BCUT2D eigenvalue weighted by atomic mass is 9.94. The lowest BCUT2D eigenvalue weighted by molar-refractivity contribution is -0.137. The highest BCUT2D eigenvalue weighted by atomic mass is 19.4. The fourth-order valence-corrected chi connectivity index (χ4v) is 3.44. The summed E-state index contributed by atoms with van der Waals surface area (Å²) in [6.07, 6.45) is -1.49. The molecule has 0 N–H and O–H groups in total. The highest BCUT2D eigenvalue weighted by Crippen LogP contribution is 2.38. The van der Waals surface area contributed by atoms with Crippen molar-refractivity contribution in [1.29, 1.82) is 0 Å². The zero-order valence-corrected chi connectivity index (χ0v) is 17.4. The topological polar surface area (TPSA) is 29.5 Å². The lowest BCUT2D eigenvalue weighted by Crippen LogP contribution is -2.40. The molecule has 6 heteroatoms. The van der Waals surface area contributed by atoms with Gasteiger partial charge in [-0.1, -0.05) is 48.0 Å². The third-order valence-corrected chi connectivity index (χ3v) is 4.86. The first-order valence-electron chi connectivity index (χ1n) is 9.97. The minimum absolute atomic E-state index is 0.170. The van der Waals surface area contributed by atoms with Crippen molar-refractivity contribution in [3.8, 4) is 11.1 Å². The summed E-state index contributed by atoms with van der Waals surface area (Å²) in [6, 6.07) is 12.8. The van der Waals surface area contributed by atoms with E-state index >= 15 is 0 Å². The van der Waals surface area contributed by atoms with E-state index in [4.69, 9.17) is 4.74 Å². The first-order chi connectivity index (χ1) is 14.0. The van der Waals surface area contributed by atoms with E-state index in [0.29, 0.717) is 31.5 Å². The standard InChI is InChI=1S/C24H26F3NO2/c1-23(2,3)30-22(29)28-13-11-17(12-14-28)15-18-9-10-21(24(25,26)27)20(16-18)19-7-5-4-6-8-19/h4-10,15-16H,11-14H2,1-3H3. The molecule has 1 aliphatic heterocycles. The van der Waals surface area contributed by atoms with E-state index in [2.05, 4.69) is 0 Å². The van der Waals surface area contributed by atoms with Crippen LogP contribution in [0.1, 0.15) is 44.7 Å². The number of carbonyl (C=O) groups excluding carboxylic acids is 1.